The first-order valence-electron chi connectivity index (χ1n) is 5.42. The number of carbonyl (C=O) groups is 1. The first-order valence-corrected chi connectivity index (χ1v) is 5.42. The number of oxime groups is 1. The van der Waals surface area contributed by atoms with E-state index < -0.39 is 5.92 Å². The fourth-order valence-corrected chi connectivity index (χ4v) is 1.31. The van der Waals surface area contributed by atoms with Gasteiger partial charge < -0.3 is 16.3 Å². The Kier molecular flexibility index (Phi) is 7.40. The van der Waals surface area contributed by atoms with Crippen LogP contribution in [0.15, 0.2) is 5.16 Å². The second kappa shape index (κ2) is 8.08. The zero-order valence-electron chi connectivity index (χ0n) is 9.49. The molecule has 0 spiro atoms. The Bertz CT molecular complexity index is 217. The third kappa shape index (κ3) is 5.24. The number of rotatable bonds is 7. The molecule has 5 heteroatoms. The molecule has 0 aromatic heterocycles. The van der Waals surface area contributed by atoms with Gasteiger partial charge in [-0.2, -0.15) is 0 Å². The predicted octanol–water partition coefficient (Wildman–Crippen LogP) is 1.07. The van der Waals surface area contributed by atoms with Crippen molar-refractivity contribution in [2.24, 2.45) is 16.8 Å². The van der Waals surface area contributed by atoms with E-state index in [1.54, 1.807) is 0 Å². The van der Waals surface area contributed by atoms with E-state index in [9.17, 15) is 4.79 Å². The lowest BCUT2D eigenvalue weighted by atomic mass is 10.0. The molecule has 0 aromatic carbocycles. The summed E-state index contributed by atoms with van der Waals surface area (Å²) in [6.07, 6.45) is 3.72. The SMILES string of the molecule is CCCCCNC(=O)C(CC)C(N)=NO. The first-order chi connectivity index (χ1) is 7.17. The van der Waals surface area contributed by atoms with Crippen LogP contribution >= 0.6 is 0 Å². The van der Waals surface area contributed by atoms with Crippen LogP contribution < -0.4 is 11.1 Å². The number of hydrogen-bond donors (Lipinski definition) is 3. The van der Waals surface area contributed by atoms with Gasteiger partial charge in [-0.3, -0.25) is 4.79 Å². The van der Waals surface area contributed by atoms with Gasteiger partial charge >= 0.3 is 0 Å². The Morgan fingerprint density at radius 1 is 1.47 bits per heavy atom. The number of hydrogen-bond acceptors (Lipinski definition) is 3. The van der Waals surface area contributed by atoms with Gasteiger partial charge in [-0.15, -0.1) is 0 Å². The number of carbonyl (C=O) groups excluding carboxylic acids is 1. The molecule has 1 atom stereocenters. The third-order valence-electron chi connectivity index (χ3n) is 2.28. The Hall–Kier alpha value is -1.26. The van der Waals surface area contributed by atoms with Crippen molar-refractivity contribution in [2.75, 3.05) is 6.54 Å². The summed E-state index contributed by atoms with van der Waals surface area (Å²) in [5, 5.41) is 14.1. The number of nitrogens with zero attached hydrogens (tertiary/aromatic N) is 1. The molecule has 88 valence electrons. The van der Waals surface area contributed by atoms with Crippen molar-refractivity contribution >= 4 is 11.7 Å². The van der Waals surface area contributed by atoms with Crippen molar-refractivity contribution in [3.63, 3.8) is 0 Å². The van der Waals surface area contributed by atoms with E-state index in [0.29, 0.717) is 13.0 Å². The molecule has 1 amide bonds. The minimum Gasteiger partial charge on any atom is -0.409 e. The maximum Gasteiger partial charge on any atom is 0.230 e. The molecule has 0 aliphatic rings. The standard InChI is InChI=1S/C10H21N3O2/c1-3-5-6-7-12-10(14)8(4-2)9(11)13-15/h8,15H,3-7H2,1-2H3,(H2,11,13)(H,12,14). The summed E-state index contributed by atoms with van der Waals surface area (Å²) in [4.78, 5) is 11.6. The quantitative estimate of drug-likeness (QED) is 0.195. The van der Waals surface area contributed by atoms with Crippen molar-refractivity contribution in [1.29, 1.82) is 0 Å². The third-order valence-corrected chi connectivity index (χ3v) is 2.28. The maximum atomic E-state index is 11.6. The van der Waals surface area contributed by atoms with Crippen LogP contribution in [0.5, 0.6) is 0 Å². The molecule has 4 N–H and O–H groups in total. The first kappa shape index (κ1) is 13.7. The summed E-state index contributed by atoms with van der Waals surface area (Å²) >= 11 is 0. The summed E-state index contributed by atoms with van der Waals surface area (Å²) in [5.41, 5.74) is 5.40. The second-order valence-corrected chi connectivity index (χ2v) is 3.48. The number of nitrogens with one attached hydrogen (secondary N) is 1. The van der Waals surface area contributed by atoms with Crippen LogP contribution in [-0.4, -0.2) is 23.5 Å². The second-order valence-electron chi connectivity index (χ2n) is 3.48. The molecule has 0 fully saturated rings. The average molecular weight is 215 g/mol. The molecule has 0 saturated carbocycles. The van der Waals surface area contributed by atoms with Crippen molar-refractivity contribution in [1.82, 2.24) is 5.32 Å². The van der Waals surface area contributed by atoms with Crippen LogP contribution in [0.25, 0.3) is 0 Å². The summed E-state index contributed by atoms with van der Waals surface area (Å²) in [6, 6.07) is 0. The molecule has 0 bridgehead atoms. The average Bonchev–Trinajstić information content (AvgIpc) is 2.25. The van der Waals surface area contributed by atoms with Gasteiger partial charge in [0.05, 0.1) is 5.92 Å². The van der Waals surface area contributed by atoms with Crippen LogP contribution in [-0.2, 0) is 4.79 Å². The van der Waals surface area contributed by atoms with E-state index in [0.717, 1.165) is 19.3 Å². The zero-order chi connectivity index (χ0) is 11.7. The van der Waals surface area contributed by atoms with E-state index in [-0.39, 0.29) is 11.7 Å². The highest BCUT2D eigenvalue weighted by molar-refractivity contribution is 6.01. The monoisotopic (exact) mass is 215 g/mol. The molecule has 0 radical (unpaired) electrons. The van der Waals surface area contributed by atoms with E-state index in [4.69, 9.17) is 10.9 Å². The largest absolute Gasteiger partial charge is 0.409 e. The highest BCUT2D eigenvalue weighted by Crippen LogP contribution is 2.03. The molecule has 1 unspecified atom stereocenters. The molecule has 0 saturated heterocycles. The van der Waals surface area contributed by atoms with Gasteiger partial charge in [-0.25, -0.2) is 0 Å². The molecule has 5 nitrogen and oxygen atoms in total. The fourth-order valence-electron chi connectivity index (χ4n) is 1.31. The van der Waals surface area contributed by atoms with Crippen molar-refractivity contribution in [3.05, 3.63) is 0 Å². The highest BCUT2D eigenvalue weighted by atomic mass is 16.4. The minimum atomic E-state index is -0.517. The normalized spacial score (nSPS) is 13.6. The Morgan fingerprint density at radius 2 is 2.13 bits per heavy atom. The summed E-state index contributed by atoms with van der Waals surface area (Å²) in [5.74, 6) is -0.703. The lowest BCUT2D eigenvalue weighted by Crippen LogP contribution is -2.38. The van der Waals surface area contributed by atoms with Gasteiger partial charge in [-0.05, 0) is 12.8 Å². The van der Waals surface area contributed by atoms with Crippen LogP contribution in [0.3, 0.4) is 0 Å². The van der Waals surface area contributed by atoms with Crippen molar-refractivity contribution < 1.29 is 10.0 Å². The Morgan fingerprint density at radius 3 is 2.60 bits per heavy atom. The number of nitrogens with two attached hydrogens (primary N) is 1. The lowest BCUT2D eigenvalue weighted by molar-refractivity contribution is -0.123. The molecule has 0 aliphatic carbocycles. The van der Waals surface area contributed by atoms with Crippen molar-refractivity contribution in [3.8, 4) is 0 Å². The van der Waals surface area contributed by atoms with Crippen LogP contribution in [0.4, 0.5) is 0 Å². The van der Waals surface area contributed by atoms with E-state index in [1.807, 2.05) is 6.92 Å². The molecular weight excluding hydrogens is 194 g/mol. The molecular formula is C10H21N3O2. The van der Waals surface area contributed by atoms with E-state index in [1.165, 1.54) is 0 Å². The topological polar surface area (TPSA) is 87.7 Å². The molecule has 0 aromatic rings. The summed E-state index contributed by atoms with van der Waals surface area (Å²) in [7, 11) is 0. The molecule has 15 heavy (non-hydrogen) atoms. The number of amides is 1. The maximum absolute atomic E-state index is 11.6. The van der Waals surface area contributed by atoms with Crippen molar-refractivity contribution in [2.45, 2.75) is 39.5 Å². The van der Waals surface area contributed by atoms with Crippen LogP contribution in [0.1, 0.15) is 39.5 Å². The Labute approximate surface area is 90.7 Å². The van der Waals surface area contributed by atoms with Crippen LogP contribution in [0.2, 0.25) is 0 Å². The summed E-state index contributed by atoms with van der Waals surface area (Å²) < 4.78 is 0. The smallest absolute Gasteiger partial charge is 0.230 e. The van der Waals surface area contributed by atoms with E-state index in [2.05, 4.69) is 17.4 Å². The zero-order valence-corrected chi connectivity index (χ0v) is 9.49. The Balaban J connectivity index is 3.95. The van der Waals surface area contributed by atoms with Gasteiger partial charge in [0.25, 0.3) is 0 Å². The summed E-state index contributed by atoms with van der Waals surface area (Å²) in [6.45, 7) is 4.59. The van der Waals surface area contributed by atoms with Gasteiger partial charge in [0, 0.05) is 6.54 Å². The number of unbranched alkanes of at least 4 members (excludes halogenated alkanes) is 2. The lowest BCUT2D eigenvalue weighted by Gasteiger charge is -2.13. The molecule has 0 rings (SSSR count). The van der Waals surface area contributed by atoms with Gasteiger partial charge in [-0.1, -0.05) is 31.8 Å². The predicted molar refractivity (Wildman–Crippen MR) is 59.7 cm³/mol. The molecule has 0 heterocycles. The highest BCUT2D eigenvalue weighted by Gasteiger charge is 2.20. The minimum absolute atomic E-state index is 0.0227. The molecule has 0 aliphatic heterocycles. The van der Waals surface area contributed by atoms with E-state index >= 15 is 0 Å². The van der Waals surface area contributed by atoms with Gasteiger partial charge in [0.2, 0.25) is 5.91 Å². The van der Waals surface area contributed by atoms with Gasteiger partial charge in [0.15, 0.2) is 5.84 Å². The fraction of sp³-hybridized carbons (Fsp3) is 0.800. The number of amidine groups is 1. The van der Waals surface area contributed by atoms with Crippen LogP contribution in [0, 0.1) is 5.92 Å². The van der Waals surface area contributed by atoms with Gasteiger partial charge in [0.1, 0.15) is 0 Å².